The first-order valence-corrected chi connectivity index (χ1v) is 0. The molecule has 0 saturated carbocycles. The van der Waals surface area contributed by atoms with Gasteiger partial charge in [-0.05, 0) is 0 Å². The SMILES string of the molecule is [Ba+2].[Ca+2].[Cu+2].[H-].[H-].[H-].[H-].[O-2].[Tl]. The predicted octanol–water partition coefficient (Wildman–Crippen LogP) is -0.814. The quantitative estimate of drug-likeness (QED) is 0.419. The van der Waals surface area contributed by atoms with Crippen LogP contribution in [0, 0.1) is 0 Å². The van der Waals surface area contributed by atoms with Crippen molar-refractivity contribution in [1.82, 2.24) is 0 Å². The van der Waals surface area contributed by atoms with Crippen molar-refractivity contribution >= 4 is 114 Å². The maximum atomic E-state index is 0. The number of hydrogen-bond donors (Lipinski definition) is 0. The van der Waals surface area contributed by atoms with Gasteiger partial charge < -0.3 is 11.2 Å². The van der Waals surface area contributed by atoms with Crippen LogP contribution in [0.2, 0.25) is 0 Å². The van der Waals surface area contributed by atoms with Gasteiger partial charge in [0.2, 0.25) is 0 Å². The second-order valence-electron chi connectivity index (χ2n) is 0. The van der Waals surface area contributed by atoms with E-state index in [1.165, 1.54) is 0 Å². The Hall–Kier alpha value is 4.23. The topological polar surface area (TPSA) is 28.5 Å². The van der Waals surface area contributed by atoms with Gasteiger partial charge in [-0.2, -0.15) is 0 Å². The van der Waals surface area contributed by atoms with Gasteiger partial charge in [0, 0.05) is 27.3 Å². The van der Waals surface area contributed by atoms with E-state index >= 15 is 0 Å². The first-order chi connectivity index (χ1) is 0. The minimum atomic E-state index is 0. The molecule has 0 aromatic rings. The summed E-state index contributed by atoms with van der Waals surface area (Å²) in [7, 11) is 0. The minimum absolute atomic E-state index is 0. The van der Waals surface area contributed by atoms with Crippen LogP contribution in [0.4, 0.5) is 0 Å². The van der Waals surface area contributed by atoms with Crippen LogP contribution in [0.25, 0.3) is 0 Å². The van der Waals surface area contributed by atoms with Crippen molar-refractivity contribution in [2.45, 2.75) is 0 Å². The average molecular weight is 465 g/mol. The summed E-state index contributed by atoms with van der Waals surface area (Å²) in [5.41, 5.74) is 0. The van der Waals surface area contributed by atoms with Gasteiger partial charge >= 0.3 is 104 Å². The normalized spacial score (nSPS) is 0. The fourth-order valence-corrected chi connectivity index (χ4v) is 0. The van der Waals surface area contributed by atoms with E-state index in [9.17, 15) is 0 Å². The Labute approximate surface area is 138 Å². The molecular weight excluding hydrogens is 461 g/mol. The van der Waals surface area contributed by atoms with Crippen molar-refractivity contribution in [3.05, 3.63) is 0 Å². The summed E-state index contributed by atoms with van der Waals surface area (Å²) in [4.78, 5) is 0. The zero-order valence-corrected chi connectivity index (χ0v) is 14.8. The number of hydrogen-bond acceptors (Lipinski definition) is 0. The summed E-state index contributed by atoms with van der Waals surface area (Å²) >= 11 is 0. The van der Waals surface area contributed by atoms with E-state index in [1.54, 1.807) is 0 Å². The van der Waals surface area contributed by atoms with Crippen LogP contribution >= 0.6 is 0 Å². The molecule has 0 aliphatic heterocycles. The Kier molecular flexibility index (Phi) is 168. The molecule has 0 aromatic carbocycles. The molecule has 5 heavy (non-hydrogen) atoms. The Morgan fingerprint density at radius 1 is 1.20 bits per heavy atom. The van der Waals surface area contributed by atoms with Crippen molar-refractivity contribution in [2.75, 3.05) is 0 Å². The van der Waals surface area contributed by atoms with Gasteiger partial charge in [-0.25, -0.2) is 0 Å². The van der Waals surface area contributed by atoms with Gasteiger partial charge in [0.15, 0.2) is 0 Å². The Bertz CT molecular complexity index is 20.5. The largest absolute Gasteiger partial charge is 2.00 e. The maximum absolute atomic E-state index is 0. The van der Waals surface area contributed by atoms with E-state index in [0.717, 1.165) is 0 Å². The van der Waals surface area contributed by atoms with E-state index in [2.05, 4.69) is 0 Å². The zero-order valence-electron chi connectivity index (χ0n) is 6.70. The summed E-state index contributed by atoms with van der Waals surface area (Å²) in [5, 5.41) is 0. The van der Waals surface area contributed by atoms with Crippen molar-refractivity contribution in [1.29, 1.82) is 0 Å². The summed E-state index contributed by atoms with van der Waals surface area (Å²) in [6, 6.07) is 0. The summed E-state index contributed by atoms with van der Waals surface area (Å²) in [6.45, 7) is 0. The molecule has 0 aromatic heterocycles. The van der Waals surface area contributed by atoms with Crippen LogP contribution in [-0.4, -0.2) is 114 Å². The van der Waals surface area contributed by atoms with Crippen molar-refractivity contribution < 1.29 is 28.3 Å². The molecule has 0 spiro atoms. The van der Waals surface area contributed by atoms with Crippen molar-refractivity contribution in [2.24, 2.45) is 0 Å². The Balaban J connectivity index is 0. The molecule has 0 aliphatic carbocycles. The van der Waals surface area contributed by atoms with Crippen molar-refractivity contribution in [3.63, 3.8) is 0 Å². The molecule has 0 saturated heterocycles. The fourth-order valence-electron chi connectivity index (χ4n) is 0. The molecule has 0 atom stereocenters. The molecule has 0 fully saturated rings. The Morgan fingerprint density at radius 2 is 1.20 bits per heavy atom. The third kappa shape index (κ3) is 17.9. The molecule has 0 heterocycles. The molecule has 0 amide bonds. The molecule has 0 unspecified atom stereocenters. The maximum Gasteiger partial charge on any atom is 2.00 e. The molecular formula is H4BaCaCuOTl. The van der Waals surface area contributed by atoms with Crippen LogP contribution in [0.5, 0.6) is 0 Å². The number of rotatable bonds is 0. The first-order valence-electron chi connectivity index (χ1n) is 0. The zero-order chi connectivity index (χ0) is 0. The van der Waals surface area contributed by atoms with Gasteiger partial charge in [0.05, 0.1) is 0 Å². The smallest absolute Gasteiger partial charge is 2.00 e. The average Bonchev–Trinajstić information content (AvgIpc) is 0. The summed E-state index contributed by atoms with van der Waals surface area (Å²) in [6.07, 6.45) is 0. The van der Waals surface area contributed by atoms with E-state index in [0.29, 0.717) is 0 Å². The van der Waals surface area contributed by atoms with E-state index in [4.69, 9.17) is 0 Å². The molecule has 0 rings (SSSR count). The molecule has 0 N–H and O–H groups in total. The predicted molar refractivity (Wildman–Crippen MR) is 22.4 cm³/mol. The van der Waals surface area contributed by atoms with Crippen LogP contribution in [0.3, 0.4) is 0 Å². The van der Waals surface area contributed by atoms with Crippen LogP contribution in [0.15, 0.2) is 0 Å². The fraction of sp³-hybridized carbons (Fsp3) is 0. The van der Waals surface area contributed by atoms with Gasteiger partial charge in [-0.3, -0.25) is 0 Å². The van der Waals surface area contributed by atoms with Gasteiger partial charge in [0.25, 0.3) is 0 Å². The molecule has 0 aliphatic rings. The monoisotopic (exact) mass is 466 g/mol. The molecule has 2 radical (unpaired) electrons. The van der Waals surface area contributed by atoms with Crippen LogP contribution < -0.4 is 0 Å². The van der Waals surface area contributed by atoms with E-state index in [1.807, 2.05) is 0 Å². The van der Waals surface area contributed by atoms with Crippen molar-refractivity contribution in [3.8, 4) is 0 Å². The summed E-state index contributed by atoms with van der Waals surface area (Å²) < 4.78 is 0. The second kappa shape index (κ2) is 24.0. The standard InChI is InChI=1S/Ba.Ca.Cu.O.Tl.4H/q3*+2;-2;;4*-1. The van der Waals surface area contributed by atoms with Crippen LogP contribution in [-0.2, 0) is 22.5 Å². The second-order valence-corrected chi connectivity index (χ2v) is 0. The molecule has 1 nitrogen and oxygen atoms in total. The molecule has 28 valence electrons. The first kappa shape index (κ1) is 34.9. The Morgan fingerprint density at radius 3 is 1.20 bits per heavy atom. The van der Waals surface area contributed by atoms with Crippen LogP contribution in [0.1, 0.15) is 5.71 Å². The molecule has 0 bridgehead atoms. The third-order valence-corrected chi connectivity index (χ3v) is 0. The van der Waals surface area contributed by atoms with E-state index in [-0.39, 0.29) is 142 Å². The minimum Gasteiger partial charge on any atom is -2.00 e. The van der Waals surface area contributed by atoms with Gasteiger partial charge in [-0.15, -0.1) is 0 Å². The van der Waals surface area contributed by atoms with Gasteiger partial charge in [0.1, 0.15) is 0 Å². The van der Waals surface area contributed by atoms with E-state index < -0.39 is 0 Å². The third-order valence-electron chi connectivity index (χ3n) is 0. The summed E-state index contributed by atoms with van der Waals surface area (Å²) in [5.74, 6) is 0. The van der Waals surface area contributed by atoms with Gasteiger partial charge in [-0.1, -0.05) is 0 Å². The molecule has 5 heteroatoms.